The Morgan fingerprint density at radius 1 is 1.15 bits per heavy atom. The van der Waals surface area contributed by atoms with Gasteiger partial charge in [0.25, 0.3) is 0 Å². The number of rotatable bonds is 17. The number of hydrogen-bond donors (Lipinski definition) is 0. The number of azo groups is 1. The lowest BCUT2D eigenvalue weighted by atomic mass is 10.1. The van der Waals surface area contributed by atoms with E-state index in [1.807, 2.05) is 39.2 Å². The molecule has 218 valence electrons. The topological polar surface area (TPSA) is 132 Å². The van der Waals surface area contributed by atoms with Crippen LogP contribution in [-0.2, 0) is 19.6 Å². The van der Waals surface area contributed by atoms with Crippen molar-refractivity contribution < 1.29 is 26.9 Å². The third kappa shape index (κ3) is 10.9. The second kappa shape index (κ2) is 15.8. The molecule has 40 heavy (non-hydrogen) atoms. The van der Waals surface area contributed by atoms with Crippen molar-refractivity contribution in [2.45, 2.75) is 27.2 Å². The molecular formula is C27H38N6O5S2. The molecular weight excluding hydrogens is 552 g/mol. The summed E-state index contributed by atoms with van der Waals surface area (Å²) in [5.74, 6) is -0.335. The van der Waals surface area contributed by atoms with Gasteiger partial charge in [-0.3, -0.25) is 0 Å². The van der Waals surface area contributed by atoms with Crippen molar-refractivity contribution in [2.24, 2.45) is 10.2 Å². The number of nitrogens with zero attached hydrogens (tertiary/aromatic N) is 6. The first kappa shape index (κ1) is 33.3. The Labute approximate surface area is 241 Å². The Morgan fingerprint density at radius 3 is 2.45 bits per heavy atom. The van der Waals surface area contributed by atoms with Crippen LogP contribution in [0.5, 0.6) is 0 Å². The van der Waals surface area contributed by atoms with Gasteiger partial charge in [0.15, 0.2) is 0 Å². The van der Waals surface area contributed by atoms with Gasteiger partial charge in [-0.1, -0.05) is 0 Å². The lowest BCUT2D eigenvalue weighted by Gasteiger charge is -2.29. The van der Waals surface area contributed by atoms with Crippen molar-refractivity contribution in [3.8, 4) is 6.07 Å². The third-order valence-electron chi connectivity index (χ3n) is 6.37. The average Bonchev–Trinajstić information content (AvgIpc) is 3.20. The molecule has 0 saturated heterocycles. The van der Waals surface area contributed by atoms with Crippen LogP contribution in [0.25, 0.3) is 4.85 Å². The Kier molecular flexibility index (Phi) is 13.1. The van der Waals surface area contributed by atoms with E-state index in [1.54, 1.807) is 6.92 Å². The van der Waals surface area contributed by atoms with Gasteiger partial charge in [0.1, 0.15) is 17.6 Å². The molecule has 0 unspecified atom stereocenters. The summed E-state index contributed by atoms with van der Waals surface area (Å²) in [6.45, 7) is 17.9. The number of aryl methyl sites for hydroxylation is 1. The van der Waals surface area contributed by atoms with Crippen molar-refractivity contribution in [3.05, 3.63) is 46.3 Å². The van der Waals surface area contributed by atoms with Crippen molar-refractivity contribution in [2.75, 3.05) is 77.4 Å². The number of benzene rings is 1. The molecule has 0 fully saturated rings. The fraction of sp³-hybridized carbons (Fsp3) is 0.556. The van der Waals surface area contributed by atoms with E-state index < -0.39 is 10.1 Å². The van der Waals surface area contributed by atoms with E-state index in [0.717, 1.165) is 17.8 Å². The van der Waals surface area contributed by atoms with Crippen molar-refractivity contribution in [1.82, 2.24) is 0 Å². The van der Waals surface area contributed by atoms with Crippen LogP contribution < -0.4 is 4.90 Å². The van der Waals surface area contributed by atoms with Gasteiger partial charge in [-0.05, 0) is 50.1 Å². The predicted molar refractivity (Wildman–Crippen MR) is 156 cm³/mol. The molecule has 0 aliphatic heterocycles. The molecule has 11 nitrogen and oxygen atoms in total. The maximum absolute atomic E-state index is 10.8. The number of anilines is 1. The van der Waals surface area contributed by atoms with E-state index >= 15 is 0 Å². The van der Waals surface area contributed by atoms with E-state index in [-0.39, 0.29) is 5.75 Å². The Balaban J connectivity index is 1.77. The molecule has 0 spiro atoms. The highest BCUT2D eigenvalue weighted by atomic mass is 32.2. The van der Waals surface area contributed by atoms with Crippen molar-refractivity contribution >= 4 is 42.8 Å². The smallest absolute Gasteiger partial charge is 0.247 e. The van der Waals surface area contributed by atoms with Gasteiger partial charge in [0.2, 0.25) is 5.00 Å². The van der Waals surface area contributed by atoms with E-state index in [0.29, 0.717) is 83.8 Å². The monoisotopic (exact) mass is 590 g/mol. The normalized spacial score (nSPS) is 12.0. The van der Waals surface area contributed by atoms with Crippen molar-refractivity contribution in [1.29, 1.82) is 5.26 Å². The summed E-state index contributed by atoms with van der Waals surface area (Å²) in [7, 11) is -0.203. The first-order valence-electron chi connectivity index (χ1n) is 13.0. The van der Waals surface area contributed by atoms with Crippen LogP contribution >= 0.6 is 11.3 Å². The molecule has 1 heterocycles. The molecule has 2 rings (SSSR count). The highest BCUT2D eigenvalue weighted by Crippen LogP contribution is 2.41. The van der Waals surface area contributed by atoms with Gasteiger partial charge in [-0.2, -0.15) is 5.26 Å². The summed E-state index contributed by atoms with van der Waals surface area (Å²) < 4.78 is 44.3. The first-order chi connectivity index (χ1) is 18.9. The van der Waals surface area contributed by atoms with E-state index in [9.17, 15) is 18.2 Å². The molecule has 0 radical (unpaired) electrons. The zero-order valence-electron chi connectivity index (χ0n) is 23.8. The van der Waals surface area contributed by atoms with E-state index in [1.165, 1.54) is 11.3 Å². The predicted octanol–water partition coefficient (Wildman–Crippen LogP) is 5.07. The molecule has 0 aliphatic rings. The van der Waals surface area contributed by atoms with Crippen LogP contribution in [0.4, 0.5) is 21.4 Å². The van der Waals surface area contributed by atoms with Crippen molar-refractivity contribution in [3.63, 3.8) is 0 Å². The molecule has 0 amide bonds. The number of quaternary nitrogens is 1. The summed E-state index contributed by atoms with van der Waals surface area (Å²) in [5, 5.41) is 18.9. The maximum Gasteiger partial charge on any atom is 0.247 e. The van der Waals surface area contributed by atoms with Crippen LogP contribution in [0.1, 0.15) is 30.0 Å². The van der Waals surface area contributed by atoms with Gasteiger partial charge < -0.3 is 23.4 Å². The summed E-state index contributed by atoms with van der Waals surface area (Å²) in [6.07, 6.45) is 0.339. The number of likely N-dealkylation sites (N-methyl/N-ethyl adjacent to an activating group) is 2. The molecule has 2 aromatic rings. The van der Waals surface area contributed by atoms with Gasteiger partial charge >= 0.3 is 0 Å². The SMILES string of the molecule is [C-]#[N+]c1sc(N=Nc2ccc(N(CC)CCOCCOCC[N+](C)(C)CCCS(=O)(=O)[O-])cc2C)c(C#N)c1C. The summed E-state index contributed by atoms with van der Waals surface area (Å²) in [4.78, 5) is 5.66. The van der Waals surface area contributed by atoms with Crippen LogP contribution in [0, 0.1) is 31.8 Å². The zero-order valence-corrected chi connectivity index (χ0v) is 25.5. The lowest BCUT2D eigenvalue weighted by Crippen LogP contribution is -2.43. The third-order valence-corrected chi connectivity index (χ3v) is 8.23. The van der Waals surface area contributed by atoms with Crippen LogP contribution in [0.3, 0.4) is 0 Å². The van der Waals surface area contributed by atoms with Crippen LogP contribution in [0.2, 0.25) is 0 Å². The average molecular weight is 591 g/mol. The molecule has 13 heteroatoms. The molecule has 1 aromatic heterocycles. The van der Waals surface area contributed by atoms with E-state index in [4.69, 9.17) is 16.0 Å². The second-order valence-corrected chi connectivity index (χ2v) is 12.4. The van der Waals surface area contributed by atoms with Crippen LogP contribution in [0.15, 0.2) is 28.4 Å². The fourth-order valence-corrected chi connectivity index (χ4v) is 5.25. The highest BCUT2D eigenvalue weighted by molar-refractivity contribution is 7.85. The number of nitriles is 1. The molecule has 0 N–H and O–H groups in total. The van der Waals surface area contributed by atoms with Gasteiger partial charge in [-0.15, -0.1) is 21.6 Å². The molecule has 0 atom stereocenters. The minimum absolute atomic E-state index is 0.335. The number of ether oxygens (including phenoxy) is 2. The fourth-order valence-electron chi connectivity index (χ4n) is 3.90. The Bertz CT molecular complexity index is 1340. The molecule has 0 bridgehead atoms. The maximum atomic E-state index is 10.8. The minimum Gasteiger partial charge on any atom is -0.748 e. The Hall–Kier alpha value is -2.91. The molecule has 0 saturated carbocycles. The van der Waals surface area contributed by atoms with Gasteiger partial charge in [-0.25, -0.2) is 13.3 Å². The summed E-state index contributed by atoms with van der Waals surface area (Å²) in [5.41, 5.74) is 3.73. The number of thiophene rings is 1. The van der Waals surface area contributed by atoms with Gasteiger partial charge in [0.05, 0.1) is 75.0 Å². The molecule has 1 aromatic carbocycles. The quantitative estimate of drug-likeness (QED) is 0.0826. The largest absolute Gasteiger partial charge is 0.748 e. The second-order valence-electron chi connectivity index (χ2n) is 9.91. The zero-order chi connectivity index (χ0) is 29.8. The minimum atomic E-state index is -4.17. The van der Waals surface area contributed by atoms with E-state index in [2.05, 4.69) is 33.0 Å². The first-order valence-corrected chi connectivity index (χ1v) is 15.4. The summed E-state index contributed by atoms with van der Waals surface area (Å²) >= 11 is 1.17. The highest BCUT2D eigenvalue weighted by Gasteiger charge is 2.16. The summed E-state index contributed by atoms with van der Waals surface area (Å²) in [6, 6.07) is 8.04. The lowest BCUT2D eigenvalue weighted by molar-refractivity contribution is -0.890. The number of hydrogen-bond acceptors (Lipinski definition) is 10. The standard InChI is InChI=1S/C27H38N6O5S2/c1-7-32(11-14-37-16-17-38-15-13-33(5,6)12-8-18-40(34,35)36)23-9-10-25(21(2)19-23)30-31-27-24(20-28)22(3)26(29-4)39-27/h9-10,19H,7-8,11-18H2,1-3,5-6H3. The van der Waals surface area contributed by atoms with Crippen LogP contribution in [-0.4, -0.2) is 89.9 Å². The van der Waals surface area contributed by atoms with Gasteiger partial charge in [0, 0.05) is 31.0 Å². The molecule has 0 aliphatic carbocycles. The Morgan fingerprint density at radius 2 is 1.85 bits per heavy atom.